The normalized spacial score (nSPS) is 13.4. The van der Waals surface area contributed by atoms with Gasteiger partial charge >= 0.3 is 0 Å². The molecule has 1 rings (SSSR count). The average Bonchev–Trinajstić information content (AvgIpc) is 2.41. The Balaban J connectivity index is 2.87. The summed E-state index contributed by atoms with van der Waals surface area (Å²) in [5, 5.41) is 13.8. The van der Waals surface area contributed by atoms with Crippen molar-refractivity contribution in [3.05, 3.63) is 35.4 Å². The van der Waals surface area contributed by atoms with Crippen molar-refractivity contribution in [2.45, 2.75) is 38.7 Å². The SMILES string of the molecule is CCCCCC(O)c1ccccc1/C(=N/N)NN. The van der Waals surface area contributed by atoms with Gasteiger partial charge < -0.3 is 16.4 Å². The number of nitrogens with two attached hydrogens (primary N) is 2. The Kier molecular flexibility index (Phi) is 6.18. The van der Waals surface area contributed by atoms with Gasteiger partial charge in [-0.25, -0.2) is 5.84 Å². The zero-order chi connectivity index (χ0) is 13.4. The highest BCUT2D eigenvalue weighted by Crippen LogP contribution is 2.23. The maximum absolute atomic E-state index is 10.2. The van der Waals surface area contributed by atoms with E-state index >= 15 is 0 Å². The number of hydrogen-bond donors (Lipinski definition) is 4. The van der Waals surface area contributed by atoms with Crippen molar-refractivity contribution in [1.82, 2.24) is 5.43 Å². The van der Waals surface area contributed by atoms with Crippen LogP contribution in [0.3, 0.4) is 0 Å². The van der Waals surface area contributed by atoms with Gasteiger partial charge in [0.05, 0.1) is 6.10 Å². The Labute approximate surface area is 108 Å². The van der Waals surface area contributed by atoms with Crippen LogP contribution in [0.4, 0.5) is 0 Å². The minimum atomic E-state index is -0.516. The van der Waals surface area contributed by atoms with Crippen LogP contribution < -0.4 is 17.1 Å². The van der Waals surface area contributed by atoms with Gasteiger partial charge in [-0.05, 0) is 12.0 Å². The lowest BCUT2D eigenvalue weighted by atomic mass is 9.97. The fourth-order valence-corrected chi connectivity index (χ4v) is 1.93. The molecule has 0 saturated heterocycles. The second-order valence-corrected chi connectivity index (χ2v) is 4.22. The summed E-state index contributed by atoms with van der Waals surface area (Å²) < 4.78 is 0. The van der Waals surface area contributed by atoms with Crippen molar-refractivity contribution < 1.29 is 5.11 Å². The van der Waals surface area contributed by atoms with E-state index < -0.39 is 6.10 Å². The molecule has 1 atom stereocenters. The third-order valence-corrected chi connectivity index (χ3v) is 2.92. The van der Waals surface area contributed by atoms with E-state index in [0.29, 0.717) is 5.84 Å². The minimum absolute atomic E-state index is 0.375. The van der Waals surface area contributed by atoms with Crippen LogP contribution in [0.5, 0.6) is 0 Å². The van der Waals surface area contributed by atoms with Crippen LogP contribution in [0, 0.1) is 0 Å². The maximum atomic E-state index is 10.2. The molecular weight excluding hydrogens is 228 g/mol. The quantitative estimate of drug-likeness (QED) is 0.202. The van der Waals surface area contributed by atoms with Gasteiger partial charge in [0, 0.05) is 5.56 Å². The fourth-order valence-electron chi connectivity index (χ4n) is 1.93. The Morgan fingerprint density at radius 1 is 1.39 bits per heavy atom. The van der Waals surface area contributed by atoms with Gasteiger partial charge in [0.1, 0.15) is 0 Å². The van der Waals surface area contributed by atoms with Gasteiger partial charge in [0.15, 0.2) is 5.84 Å². The maximum Gasteiger partial charge on any atom is 0.167 e. The molecule has 0 aliphatic heterocycles. The largest absolute Gasteiger partial charge is 0.388 e. The molecule has 0 radical (unpaired) electrons. The number of aliphatic hydroxyl groups is 1. The number of nitrogens with one attached hydrogen (secondary N) is 1. The van der Waals surface area contributed by atoms with Crippen molar-refractivity contribution in [3.8, 4) is 0 Å². The number of aliphatic hydroxyl groups excluding tert-OH is 1. The van der Waals surface area contributed by atoms with E-state index in [9.17, 15) is 5.11 Å². The lowest BCUT2D eigenvalue weighted by Gasteiger charge is -2.16. The van der Waals surface area contributed by atoms with Crippen molar-refractivity contribution in [2.24, 2.45) is 16.8 Å². The molecule has 18 heavy (non-hydrogen) atoms. The first-order valence-electron chi connectivity index (χ1n) is 6.26. The molecule has 5 heteroatoms. The standard InChI is InChI=1S/C13H22N4O/c1-2-3-4-9-12(18)10-7-5-6-8-11(10)13(16-14)17-15/h5-8,12,18H,2-4,9,14-15H2,1H3,(H,16,17). The summed E-state index contributed by atoms with van der Waals surface area (Å²) >= 11 is 0. The summed E-state index contributed by atoms with van der Waals surface area (Å²) in [5.74, 6) is 11.0. The summed E-state index contributed by atoms with van der Waals surface area (Å²) in [4.78, 5) is 0. The molecule has 0 bridgehead atoms. The number of unbranched alkanes of at least 4 members (excludes halogenated alkanes) is 2. The smallest absolute Gasteiger partial charge is 0.167 e. The predicted molar refractivity (Wildman–Crippen MR) is 73.6 cm³/mol. The van der Waals surface area contributed by atoms with Gasteiger partial charge in [-0.2, -0.15) is 5.10 Å². The van der Waals surface area contributed by atoms with Crippen LogP contribution in [0.2, 0.25) is 0 Å². The Bertz CT molecular complexity index is 392. The molecule has 0 aliphatic carbocycles. The van der Waals surface area contributed by atoms with Crippen LogP contribution in [0.1, 0.15) is 49.8 Å². The summed E-state index contributed by atoms with van der Waals surface area (Å²) in [5.41, 5.74) is 3.99. The highest BCUT2D eigenvalue weighted by molar-refractivity contribution is 5.99. The Morgan fingerprint density at radius 2 is 2.11 bits per heavy atom. The van der Waals surface area contributed by atoms with Crippen LogP contribution >= 0.6 is 0 Å². The summed E-state index contributed by atoms with van der Waals surface area (Å²) in [6, 6.07) is 7.45. The number of hydrazone groups is 1. The van der Waals surface area contributed by atoms with Crippen molar-refractivity contribution in [3.63, 3.8) is 0 Å². The molecule has 0 saturated carbocycles. The second kappa shape index (κ2) is 7.68. The van der Waals surface area contributed by atoms with Crippen molar-refractivity contribution in [1.29, 1.82) is 0 Å². The van der Waals surface area contributed by atoms with Crippen LogP contribution in [-0.4, -0.2) is 10.9 Å². The molecule has 0 amide bonds. The lowest BCUT2D eigenvalue weighted by Crippen LogP contribution is -2.33. The van der Waals surface area contributed by atoms with E-state index in [2.05, 4.69) is 17.5 Å². The molecule has 0 heterocycles. The number of hydrazine groups is 1. The zero-order valence-corrected chi connectivity index (χ0v) is 10.8. The molecule has 0 aromatic heterocycles. The van der Waals surface area contributed by atoms with Gasteiger partial charge in [-0.3, -0.25) is 0 Å². The first-order valence-corrected chi connectivity index (χ1v) is 6.26. The van der Waals surface area contributed by atoms with Crippen LogP contribution in [-0.2, 0) is 0 Å². The highest BCUT2D eigenvalue weighted by atomic mass is 16.3. The molecule has 0 fully saturated rings. The number of hydrogen-bond acceptors (Lipinski definition) is 4. The van der Waals surface area contributed by atoms with E-state index in [0.717, 1.165) is 36.8 Å². The molecule has 0 spiro atoms. The molecule has 100 valence electrons. The third kappa shape index (κ3) is 3.72. The van der Waals surface area contributed by atoms with E-state index in [1.54, 1.807) is 0 Å². The summed E-state index contributed by atoms with van der Waals surface area (Å²) in [6.45, 7) is 2.14. The summed E-state index contributed by atoms with van der Waals surface area (Å²) in [7, 11) is 0. The summed E-state index contributed by atoms with van der Waals surface area (Å²) in [6.07, 6.45) is 3.46. The molecule has 0 aliphatic rings. The van der Waals surface area contributed by atoms with Crippen LogP contribution in [0.25, 0.3) is 0 Å². The monoisotopic (exact) mass is 250 g/mol. The van der Waals surface area contributed by atoms with Crippen molar-refractivity contribution in [2.75, 3.05) is 0 Å². The van der Waals surface area contributed by atoms with Crippen molar-refractivity contribution >= 4 is 5.84 Å². The number of nitrogens with zero attached hydrogens (tertiary/aromatic N) is 1. The predicted octanol–water partition coefficient (Wildman–Crippen LogP) is 1.38. The molecule has 1 aromatic carbocycles. The van der Waals surface area contributed by atoms with E-state index in [1.165, 1.54) is 0 Å². The Morgan fingerprint density at radius 3 is 2.72 bits per heavy atom. The second-order valence-electron chi connectivity index (χ2n) is 4.22. The first kappa shape index (κ1) is 14.5. The van der Waals surface area contributed by atoms with Gasteiger partial charge in [0.2, 0.25) is 0 Å². The third-order valence-electron chi connectivity index (χ3n) is 2.92. The van der Waals surface area contributed by atoms with Crippen LogP contribution in [0.15, 0.2) is 29.4 Å². The number of amidine groups is 1. The van der Waals surface area contributed by atoms with Gasteiger partial charge in [0.25, 0.3) is 0 Å². The number of rotatable bonds is 6. The Hall–Kier alpha value is -1.59. The number of benzene rings is 1. The minimum Gasteiger partial charge on any atom is -0.388 e. The van der Waals surface area contributed by atoms with Gasteiger partial charge in [-0.15, -0.1) is 0 Å². The lowest BCUT2D eigenvalue weighted by molar-refractivity contribution is 0.163. The van der Waals surface area contributed by atoms with E-state index in [1.807, 2.05) is 24.3 Å². The van der Waals surface area contributed by atoms with E-state index in [-0.39, 0.29) is 0 Å². The fraction of sp³-hybridized carbons (Fsp3) is 0.462. The molecule has 1 unspecified atom stereocenters. The molecule has 5 nitrogen and oxygen atoms in total. The zero-order valence-electron chi connectivity index (χ0n) is 10.8. The molecule has 6 N–H and O–H groups in total. The van der Waals surface area contributed by atoms with Gasteiger partial charge in [-0.1, -0.05) is 50.5 Å². The first-order chi connectivity index (χ1) is 8.74. The topological polar surface area (TPSA) is 96.7 Å². The molecular formula is C13H22N4O. The average molecular weight is 250 g/mol. The molecule has 1 aromatic rings. The highest BCUT2D eigenvalue weighted by Gasteiger charge is 2.14. The van der Waals surface area contributed by atoms with E-state index in [4.69, 9.17) is 11.7 Å².